The molecular weight excluding hydrogens is 400 g/mol. The van der Waals surface area contributed by atoms with Crippen LogP contribution in [-0.2, 0) is 21.4 Å². The maximum absolute atomic E-state index is 13.0. The molecule has 0 bridgehead atoms. The van der Waals surface area contributed by atoms with E-state index in [1.165, 1.54) is 0 Å². The predicted molar refractivity (Wildman–Crippen MR) is 130 cm³/mol. The Morgan fingerprint density at radius 3 is 2.19 bits per heavy atom. The minimum Gasteiger partial charge on any atom is -0.466 e. The van der Waals surface area contributed by atoms with Gasteiger partial charge in [-0.05, 0) is 60.9 Å². The number of hydrogen-bond donors (Lipinski definition) is 0. The molecule has 4 nitrogen and oxygen atoms in total. The minimum absolute atomic E-state index is 0.109. The average Bonchev–Trinajstić information content (AvgIpc) is 2.75. The van der Waals surface area contributed by atoms with E-state index in [9.17, 15) is 9.59 Å². The number of carbonyl (C=O) groups is 2. The number of hydrogen-bond acceptors (Lipinski definition) is 4. The molecule has 0 spiro atoms. The van der Waals surface area contributed by atoms with E-state index in [1.54, 1.807) is 12.1 Å². The van der Waals surface area contributed by atoms with Crippen molar-refractivity contribution < 1.29 is 19.1 Å². The fourth-order valence-electron chi connectivity index (χ4n) is 3.71. The maximum Gasteiger partial charge on any atom is 0.343 e. The van der Waals surface area contributed by atoms with E-state index in [0.717, 1.165) is 41.5 Å². The molecular formula is C28H38O4. The van der Waals surface area contributed by atoms with E-state index >= 15 is 0 Å². The zero-order valence-electron chi connectivity index (χ0n) is 20.7. The number of unbranched alkanes of at least 4 members (excludes halogenated alkanes) is 1. The third-order valence-electron chi connectivity index (χ3n) is 5.75. The summed E-state index contributed by atoms with van der Waals surface area (Å²) in [7, 11) is 0. The molecule has 4 heteroatoms. The number of ether oxygens (including phenoxy) is 2. The van der Waals surface area contributed by atoms with Crippen LogP contribution < -0.4 is 4.74 Å². The standard InChI is InChI=1S/C28H38O4/c1-8-11-12-23(27(30)31-10-3)24-18-22(28(5,6)7)17-19(4)25(24)32-26(29)21-15-13-20(9-2)14-16-21/h13-18,23H,8-12H2,1-7H3. The Hall–Kier alpha value is -2.62. The number of aryl methyl sites for hydroxylation is 2. The second kappa shape index (κ2) is 11.3. The summed E-state index contributed by atoms with van der Waals surface area (Å²) >= 11 is 0. The third-order valence-corrected chi connectivity index (χ3v) is 5.75. The van der Waals surface area contributed by atoms with E-state index in [2.05, 4.69) is 34.6 Å². The molecule has 2 aromatic carbocycles. The highest BCUT2D eigenvalue weighted by Gasteiger charge is 2.29. The first-order chi connectivity index (χ1) is 15.1. The summed E-state index contributed by atoms with van der Waals surface area (Å²) in [5.41, 5.74) is 4.23. The van der Waals surface area contributed by atoms with Crippen molar-refractivity contribution in [3.8, 4) is 5.75 Å². The molecule has 0 aliphatic carbocycles. The Morgan fingerprint density at radius 2 is 1.66 bits per heavy atom. The van der Waals surface area contributed by atoms with Crippen molar-refractivity contribution in [3.63, 3.8) is 0 Å². The molecule has 0 aliphatic rings. The van der Waals surface area contributed by atoms with E-state index in [0.29, 0.717) is 24.3 Å². The summed E-state index contributed by atoms with van der Waals surface area (Å²) in [5, 5.41) is 0. The SMILES string of the molecule is CCCCC(C(=O)OCC)c1cc(C(C)(C)C)cc(C)c1OC(=O)c1ccc(CC)cc1. The van der Waals surface area contributed by atoms with Gasteiger partial charge in [0.05, 0.1) is 18.1 Å². The van der Waals surface area contributed by atoms with Gasteiger partial charge < -0.3 is 9.47 Å². The van der Waals surface area contributed by atoms with Crippen molar-refractivity contribution in [2.75, 3.05) is 6.61 Å². The molecule has 0 saturated heterocycles. The van der Waals surface area contributed by atoms with Gasteiger partial charge in [-0.15, -0.1) is 0 Å². The van der Waals surface area contributed by atoms with E-state index in [4.69, 9.17) is 9.47 Å². The predicted octanol–water partition coefficient (Wildman–Crippen LogP) is 6.91. The Labute approximate surface area is 193 Å². The second-order valence-electron chi connectivity index (χ2n) is 9.35. The molecule has 32 heavy (non-hydrogen) atoms. The van der Waals surface area contributed by atoms with Gasteiger partial charge in [-0.1, -0.05) is 71.7 Å². The van der Waals surface area contributed by atoms with Gasteiger partial charge in [-0.3, -0.25) is 4.79 Å². The van der Waals surface area contributed by atoms with Crippen molar-refractivity contribution in [1.82, 2.24) is 0 Å². The Balaban J connectivity index is 2.56. The van der Waals surface area contributed by atoms with Crippen LogP contribution in [0.25, 0.3) is 0 Å². The molecule has 0 aromatic heterocycles. The average molecular weight is 439 g/mol. The van der Waals surface area contributed by atoms with Gasteiger partial charge in [0, 0.05) is 5.56 Å². The molecule has 0 N–H and O–H groups in total. The van der Waals surface area contributed by atoms with Gasteiger partial charge in [0.25, 0.3) is 0 Å². The molecule has 0 amide bonds. The molecule has 0 saturated carbocycles. The summed E-state index contributed by atoms with van der Waals surface area (Å²) in [6.07, 6.45) is 3.41. The first-order valence-electron chi connectivity index (χ1n) is 11.7. The normalized spacial score (nSPS) is 12.3. The van der Waals surface area contributed by atoms with Gasteiger partial charge in [0.15, 0.2) is 0 Å². The summed E-state index contributed by atoms with van der Waals surface area (Å²) < 4.78 is 11.4. The van der Waals surface area contributed by atoms with Crippen LogP contribution in [0.2, 0.25) is 0 Å². The summed E-state index contributed by atoms with van der Waals surface area (Å²) in [4.78, 5) is 25.9. The van der Waals surface area contributed by atoms with Gasteiger partial charge in [0.1, 0.15) is 5.75 Å². The van der Waals surface area contributed by atoms with Gasteiger partial charge in [0.2, 0.25) is 0 Å². The van der Waals surface area contributed by atoms with Gasteiger partial charge in [-0.25, -0.2) is 4.79 Å². The summed E-state index contributed by atoms with van der Waals surface area (Å²) in [5.74, 6) is -0.687. The third kappa shape index (κ3) is 6.44. The molecule has 2 rings (SSSR count). The largest absolute Gasteiger partial charge is 0.466 e. The molecule has 0 radical (unpaired) electrons. The smallest absolute Gasteiger partial charge is 0.343 e. The quantitative estimate of drug-likeness (QED) is 0.315. The van der Waals surface area contributed by atoms with Crippen LogP contribution in [0.4, 0.5) is 0 Å². The van der Waals surface area contributed by atoms with Crippen LogP contribution in [0.5, 0.6) is 5.75 Å². The number of benzene rings is 2. The highest BCUT2D eigenvalue weighted by molar-refractivity contribution is 5.92. The lowest BCUT2D eigenvalue weighted by molar-refractivity contribution is -0.145. The molecule has 1 unspecified atom stereocenters. The van der Waals surface area contributed by atoms with Gasteiger partial charge in [-0.2, -0.15) is 0 Å². The molecule has 0 fully saturated rings. The van der Waals surface area contributed by atoms with Crippen LogP contribution in [0.3, 0.4) is 0 Å². The first-order valence-corrected chi connectivity index (χ1v) is 11.7. The zero-order chi connectivity index (χ0) is 23.9. The van der Waals surface area contributed by atoms with Crippen molar-refractivity contribution in [2.24, 2.45) is 0 Å². The van der Waals surface area contributed by atoms with Gasteiger partial charge >= 0.3 is 11.9 Å². The maximum atomic E-state index is 13.0. The first kappa shape index (κ1) is 25.6. The molecule has 174 valence electrons. The van der Waals surface area contributed by atoms with Crippen molar-refractivity contribution in [3.05, 3.63) is 64.2 Å². The lowest BCUT2D eigenvalue weighted by atomic mass is 9.82. The fourth-order valence-corrected chi connectivity index (χ4v) is 3.71. The second-order valence-corrected chi connectivity index (χ2v) is 9.35. The van der Waals surface area contributed by atoms with E-state index < -0.39 is 11.9 Å². The molecule has 0 heterocycles. The number of carbonyl (C=O) groups excluding carboxylic acids is 2. The number of esters is 2. The minimum atomic E-state index is -0.471. The highest BCUT2D eigenvalue weighted by atomic mass is 16.5. The van der Waals surface area contributed by atoms with Crippen LogP contribution in [-0.4, -0.2) is 18.5 Å². The fraction of sp³-hybridized carbons (Fsp3) is 0.500. The lowest BCUT2D eigenvalue weighted by Gasteiger charge is -2.26. The zero-order valence-corrected chi connectivity index (χ0v) is 20.7. The Kier molecular flexibility index (Phi) is 9.06. The molecule has 1 atom stereocenters. The van der Waals surface area contributed by atoms with E-state index in [-0.39, 0.29) is 11.4 Å². The highest BCUT2D eigenvalue weighted by Crippen LogP contribution is 2.38. The molecule has 2 aromatic rings. The van der Waals surface area contributed by atoms with Crippen LogP contribution in [0.1, 0.15) is 99.3 Å². The Morgan fingerprint density at radius 1 is 1.00 bits per heavy atom. The lowest BCUT2D eigenvalue weighted by Crippen LogP contribution is -2.21. The summed E-state index contributed by atoms with van der Waals surface area (Å²) in [6.45, 7) is 14.6. The number of rotatable bonds is 9. The Bertz CT molecular complexity index is 920. The van der Waals surface area contributed by atoms with Crippen molar-refractivity contribution in [1.29, 1.82) is 0 Å². The monoisotopic (exact) mass is 438 g/mol. The van der Waals surface area contributed by atoms with Crippen LogP contribution >= 0.6 is 0 Å². The van der Waals surface area contributed by atoms with Crippen molar-refractivity contribution in [2.45, 2.75) is 85.5 Å². The molecule has 0 aliphatic heterocycles. The van der Waals surface area contributed by atoms with E-state index in [1.807, 2.05) is 38.1 Å². The van der Waals surface area contributed by atoms with Crippen molar-refractivity contribution >= 4 is 11.9 Å². The summed E-state index contributed by atoms with van der Waals surface area (Å²) in [6, 6.07) is 11.5. The van der Waals surface area contributed by atoms with Crippen LogP contribution in [0.15, 0.2) is 36.4 Å². The van der Waals surface area contributed by atoms with Crippen LogP contribution in [0, 0.1) is 6.92 Å². The topological polar surface area (TPSA) is 52.6 Å².